The number of rotatable bonds is 4. The summed E-state index contributed by atoms with van der Waals surface area (Å²) in [6.07, 6.45) is -1.62. The largest absolute Gasteiger partial charge is 0.489 e. The number of hydrogen-bond donors (Lipinski definition) is 2. The second-order valence-electron chi connectivity index (χ2n) is 9.13. The Kier molecular flexibility index (Phi) is 8.70. The number of halogens is 1. The molecule has 0 radical (unpaired) electrons. The van der Waals surface area contributed by atoms with Crippen LogP contribution < -0.4 is 15.4 Å². The van der Waals surface area contributed by atoms with Gasteiger partial charge in [-0.2, -0.15) is 0 Å². The number of carbonyl (C=O) groups excluding carboxylic acids is 2. The minimum atomic E-state index is -0.857. The average Bonchev–Trinajstić information content (AvgIpc) is 2.65. The Morgan fingerprint density at radius 3 is 2.00 bits per heavy atom. The number of ether oxygens (including phenoxy) is 3. The van der Waals surface area contributed by atoms with Gasteiger partial charge in [0.15, 0.2) is 0 Å². The summed E-state index contributed by atoms with van der Waals surface area (Å²) in [4.78, 5) is 28.2. The normalized spacial score (nSPS) is 12.0. The predicted octanol–water partition coefficient (Wildman–Crippen LogP) is 6.15. The van der Waals surface area contributed by atoms with E-state index in [1.54, 1.807) is 77.9 Å². The summed E-state index contributed by atoms with van der Waals surface area (Å²) < 4.78 is 16.2. The first kappa shape index (κ1) is 26.0. The molecule has 0 fully saturated rings. The SMILES string of the molecule is CC(C)(C)OC(=O)/N=C(\NC(=O)OC(C)(C)C)Nc1ccc(OCc2ccc(Cl)cc2)cc1. The Hall–Kier alpha value is -3.26. The van der Waals surface area contributed by atoms with Crippen LogP contribution in [0.25, 0.3) is 0 Å². The lowest BCUT2D eigenvalue weighted by Gasteiger charge is -2.21. The molecule has 0 aliphatic carbocycles. The van der Waals surface area contributed by atoms with Gasteiger partial charge in [-0.1, -0.05) is 23.7 Å². The number of hydrogen-bond acceptors (Lipinski definition) is 5. The molecule has 0 atom stereocenters. The Balaban J connectivity index is 2.07. The highest BCUT2D eigenvalue weighted by Crippen LogP contribution is 2.18. The predicted molar refractivity (Wildman–Crippen MR) is 129 cm³/mol. The molecule has 2 amide bonds. The van der Waals surface area contributed by atoms with Crippen LogP contribution in [-0.2, 0) is 16.1 Å². The third-order valence-electron chi connectivity index (χ3n) is 3.65. The van der Waals surface area contributed by atoms with Crippen LogP contribution in [-0.4, -0.2) is 29.3 Å². The van der Waals surface area contributed by atoms with Gasteiger partial charge in [-0.25, -0.2) is 9.59 Å². The van der Waals surface area contributed by atoms with Crippen molar-refractivity contribution in [1.29, 1.82) is 0 Å². The van der Waals surface area contributed by atoms with Crippen LogP contribution in [0.5, 0.6) is 5.75 Å². The van der Waals surface area contributed by atoms with Gasteiger partial charge in [0.1, 0.15) is 23.6 Å². The Morgan fingerprint density at radius 2 is 1.45 bits per heavy atom. The summed E-state index contributed by atoms with van der Waals surface area (Å²) in [7, 11) is 0. The van der Waals surface area contributed by atoms with E-state index in [1.165, 1.54) is 0 Å². The second kappa shape index (κ2) is 11.0. The van der Waals surface area contributed by atoms with Crippen molar-refractivity contribution in [3.8, 4) is 5.75 Å². The smallest absolute Gasteiger partial charge is 0.437 e. The first-order valence-electron chi connectivity index (χ1n) is 10.4. The Labute approximate surface area is 199 Å². The van der Waals surface area contributed by atoms with Gasteiger partial charge in [-0.15, -0.1) is 4.99 Å². The molecule has 2 aromatic rings. The highest BCUT2D eigenvalue weighted by atomic mass is 35.5. The fraction of sp³-hybridized carbons (Fsp3) is 0.375. The third kappa shape index (κ3) is 10.7. The molecule has 2 rings (SSSR count). The highest BCUT2D eigenvalue weighted by Gasteiger charge is 2.20. The van der Waals surface area contributed by atoms with Crippen LogP contribution in [0, 0.1) is 0 Å². The molecule has 178 valence electrons. The molecule has 0 aliphatic rings. The maximum absolute atomic E-state index is 12.2. The molecule has 9 heteroatoms. The molecule has 0 spiro atoms. The van der Waals surface area contributed by atoms with Crippen molar-refractivity contribution >= 4 is 35.4 Å². The lowest BCUT2D eigenvalue weighted by molar-refractivity contribution is 0.0562. The molecule has 8 nitrogen and oxygen atoms in total. The number of nitrogens with zero attached hydrogens (tertiary/aromatic N) is 1. The van der Waals surface area contributed by atoms with E-state index in [9.17, 15) is 9.59 Å². The highest BCUT2D eigenvalue weighted by molar-refractivity contribution is 6.30. The van der Waals surface area contributed by atoms with Crippen LogP contribution in [0.1, 0.15) is 47.1 Å². The number of guanidine groups is 1. The number of aliphatic imine (C=N–C) groups is 1. The zero-order chi connectivity index (χ0) is 24.6. The zero-order valence-corrected chi connectivity index (χ0v) is 20.4. The van der Waals surface area contributed by atoms with Crippen LogP contribution in [0.3, 0.4) is 0 Å². The zero-order valence-electron chi connectivity index (χ0n) is 19.7. The summed E-state index contributed by atoms with van der Waals surface area (Å²) >= 11 is 5.89. The number of amides is 2. The molecule has 0 aromatic heterocycles. The number of alkyl carbamates (subject to hydrolysis) is 1. The molecule has 33 heavy (non-hydrogen) atoms. The minimum absolute atomic E-state index is 0.131. The van der Waals surface area contributed by atoms with Gasteiger partial charge < -0.3 is 19.5 Å². The average molecular weight is 476 g/mol. The maximum Gasteiger partial charge on any atom is 0.437 e. The van der Waals surface area contributed by atoms with Crippen LogP contribution in [0.15, 0.2) is 53.5 Å². The van der Waals surface area contributed by atoms with E-state index in [0.717, 1.165) is 5.56 Å². The first-order chi connectivity index (χ1) is 15.3. The van der Waals surface area contributed by atoms with Crippen molar-refractivity contribution in [2.45, 2.75) is 59.4 Å². The summed E-state index contributed by atoms with van der Waals surface area (Å²) in [5.41, 5.74) is 0.0902. The number of nitrogens with one attached hydrogen (secondary N) is 2. The van der Waals surface area contributed by atoms with Crippen molar-refractivity contribution in [2.75, 3.05) is 5.32 Å². The van der Waals surface area contributed by atoms with E-state index in [-0.39, 0.29) is 5.96 Å². The van der Waals surface area contributed by atoms with Gasteiger partial charge >= 0.3 is 12.2 Å². The Morgan fingerprint density at radius 1 is 0.879 bits per heavy atom. The topological polar surface area (TPSA) is 98.2 Å². The summed E-state index contributed by atoms with van der Waals surface area (Å²) in [5, 5.41) is 5.99. The van der Waals surface area contributed by atoms with Crippen LogP contribution in [0.4, 0.5) is 15.3 Å². The fourth-order valence-electron chi connectivity index (χ4n) is 2.38. The number of anilines is 1. The van der Waals surface area contributed by atoms with E-state index in [1.807, 2.05) is 12.1 Å². The van der Waals surface area contributed by atoms with Gasteiger partial charge in [0.2, 0.25) is 5.96 Å². The lowest BCUT2D eigenvalue weighted by Crippen LogP contribution is -2.40. The van der Waals surface area contributed by atoms with E-state index >= 15 is 0 Å². The Bertz CT molecular complexity index is 975. The van der Waals surface area contributed by atoms with Gasteiger partial charge in [0.05, 0.1) is 0 Å². The quantitative estimate of drug-likeness (QED) is 0.406. The molecule has 0 unspecified atom stereocenters. The molecule has 2 aromatic carbocycles. The van der Waals surface area contributed by atoms with Crippen LogP contribution in [0.2, 0.25) is 5.02 Å². The second-order valence-corrected chi connectivity index (χ2v) is 9.57. The van der Waals surface area contributed by atoms with Gasteiger partial charge in [-0.05, 0) is 83.5 Å². The molecule has 0 aliphatic heterocycles. The fourth-order valence-corrected chi connectivity index (χ4v) is 2.51. The van der Waals surface area contributed by atoms with E-state index in [2.05, 4.69) is 15.6 Å². The van der Waals surface area contributed by atoms with Gasteiger partial charge in [0, 0.05) is 10.7 Å². The molecule has 0 saturated heterocycles. The van der Waals surface area contributed by atoms with Crippen molar-refractivity contribution in [1.82, 2.24) is 5.32 Å². The van der Waals surface area contributed by atoms with Gasteiger partial charge in [-0.3, -0.25) is 5.32 Å². The lowest BCUT2D eigenvalue weighted by atomic mass is 10.2. The minimum Gasteiger partial charge on any atom is -0.489 e. The molecular formula is C24H30ClN3O5. The first-order valence-corrected chi connectivity index (χ1v) is 10.7. The van der Waals surface area contributed by atoms with Gasteiger partial charge in [0.25, 0.3) is 0 Å². The standard InChI is InChI=1S/C24H30ClN3O5/c1-23(2,3)32-21(29)27-20(28-22(30)33-24(4,5)6)26-18-11-13-19(14-12-18)31-15-16-7-9-17(25)10-8-16/h7-14H,15H2,1-6H3,(H2,26,27,28,29,30). The molecular weight excluding hydrogens is 446 g/mol. The van der Waals surface area contributed by atoms with E-state index in [0.29, 0.717) is 23.1 Å². The van der Waals surface area contributed by atoms with Crippen molar-refractivity contribution in [3.63, 3.8) is 0 Å². The monoisotopic (exact) mass is 475 g/mol. The van der Waals surface area contributed by atoms with Crippen molar-refractivity contribution in [2.24, 2.45) is 4.99 Å². The maximum atomic E-state index is 12.2. The summed E-state index contributed by atoms with van der Waals surface area (Å²) in [5.74, 6) is 0.509. The van der Waals surface area contributed by atoms with Crippen molar-refractivity contribution in [3.05, 3.63) is 59.1 Å². The molecule has 0 saturated carbocycles. The molecule has 2 N–H and O–H groups in total. The van der Waals surface area contributed by atoms with E-state index < -0.39 is 23.4 Å². The summed E-state index contributed by atoms with van der Waals surface area (Å²) in [6, 6.07) is 14.3. The molecule has 0 heterocycles. The van der Waals surface area contributed by atoms with Crippen LogP contribution >= 0.6 is 11.6 Å². The third-order valence-corrected chi connectivity index (χ3v) is 3.90. The number of benzene rings is 2. The summed E-state index contributed by atoms with van der Waals surface area (Å²) in [6.45, 7) is 10.7. The molecule has 0 bridgehead atoms. The van der Waals surface area contributed by atoms with Crippen molar-refractivity contribution < 1.29 is 23.8 Å². The number of carbonyl (C=O) groups is 2. The van der Waals surface area contributed by atoms with E-state index in [4.69, 9.17) is 25.8 Å².